The summed E-state index contributed by atoms with van der Waals surface area (Å²) in [4.78, 5) is 14.1. The molecule has 1 unspecified atom stereocenters. The van der Waals surface area contributed by atoms with E-state index < -0.39 is 0 Å². The van der Waals surface area contributed by atoms with Crippen LogP contribution in [-0.4, -0.2) is 49.7 Å². The van der Waals surface area contributed by atoms with Gasteiger partial charge in [0, 0.05) is 32.8 Å². The highest BCUT2D eigenvalue weighted by molar-refractivity contribution is 5.85. The van der Waals surface area contributed by atoms with Crippen LogP contribution in [0.2, 0.25) is 0 Å². The normalized spacial score (nSPS) is 35.8. The van der Waals surface area contributed by atoms with Gasteiger partial charge in [-0.25, -0.2) is 0 Å². The van der Waals surface area contributed by atoms with Gasteiger partial charge in [-0.05, 0) is 24.7 Å². The number of amides is 1. The van der Waals surface area contributed by atoms with Crippen LogP contribution in [-0.2, 0) is 9.53 Å². The van der Waals surface area contributed by atoms with E-state index in [0.717, 1.165) is 45.6 Å². The molecule has 17 heavy (non-hydrogen) atoms. The number of likely N-dealkylation sites (tertiary alicyclic amines) is 1. The van der Waals surface area contributed by atoms with Crippen molar-refractivity contribution in [1.82, 2.24) is 10.2 Å². The molecule has 3 saturated heterocycles. The number of carbonyl (C=O) groups is 1. The largest absolute Gasteiger partial charge is 0.378 e. The molecule has 3 atom stereocenters. The third kappa shape index (κ3) is 2.75. The standard InChI is InChI=1S/C12H20N2O2.ClH/c15-12(4-11-2-1-3-16-11)14-7-9-5-13-6-10(9)8-14;/h9-11,13H,1-8H2;1H/t9-,10+,11?;. The molecule has 0 bridgehead atoms. The Morgan fingerprint density at radius 3 is 2.59 bits per heavy atom. The predicted molar refractivity (Wildman–Crippen MR) is 67.3 cm³/mol. The van der Waals surface area contributed by atoms with Gasteiger partial charge in [-0.2, -0.15) is 0 Å². The average molecular weight is 261 g/mol. The Balaban J connectivity index is 0.00000108. The van der Waals surface area contributed by atoms with Gasteiger partial charge >= 0.3 is 0 Å². The summed E-state index contributed by atoms with van der Waals surface area (Å²) in [5, 5.41) is 3.39. The van der Waals surface area contributed by atoms with Gasteiger partial charge in [-0.1, -0.05) is 0 Å². The van der Waals surface area contributed by atoms with Crippen LogP contribution in [0, 0.1) is 11.8 Å². The molecule has 3 fully saturated rings. The van der Waals surface area contributed by atoms with E-state index >= 15 is 0 Å². The van der Waals surface area contributed by atoms with Crippen molar-refractivity contribution in [3.63, 3.8) is 0 Å². The third-order valence-electron chi connectivity index (χ3n) is 4.17. The third-order valence-corrected chi connectivity index (χ3v) is 4.17. The summed E-state index contributed by atoms with van der Waals surface area (Å²) in [6, 6.07) is 0. The number of rotatable bonds is 2. The second-order valence-electron chi connectivity index (χ2n) is 5.32. The van der Waals surface area contributed by atoms with Crippen molar-refractivity contribution in [3.8, 4) is 0 Å². The fraction of sp³-hybridized carbons (Fsp3) is 0.917. The Morgan fingerprint density at radius 2 is 2.00 bits per heavy atom. The van der Waals surface area contributed by atoms with Crippen LogP contribution < -0.4 is 5.32 Å². The van der Waals surface area contributed by atoms with Crippen molar-refractivity contribution in [3.05, 3.63) is 0 Å². The van der Waals surface area contributed by atoms with Crippen molar-refractivity contribution >= 4 is 18.3 Å². The predicted octanol–water partition coefficient (Wildman–Crippen LogP) is 0.655. The molecule has 98 valence electrons. The van der Waals surface area contributed by atoms with Crippen LogP contribution in [0.3, 0.4) is 0 Å². The number of hydrogen-bond acceptors (Lipinski definition) is 3. The van der Waals surface area contributed by atoms with E-state index in [1.807, 2.05) is 0 Å². The van der Waals surface area contributed by atoms with Crippen molar-refractivity contribution < 1.29 is 9.53 Å². The molecular formula is C12H21ClN2O2. The number of hydrogen-bond donors (Lipinski definition) is 1. The molecule has 3 rings (SSSR count). The van der Waals surface area contributed by atoms with Gasteiger partial charge in [0.2, 0.25) is 5.91 Å². The van der Waals surface area contributed by atoms with Crippen molar-refractivity contribution in [2.45, 2.75) is 25.4 Å². The minimum absolute atomic E-state index is 0. The van der Waals surface area contributed by atoms with Gasteiger partial charge in [-0.3, -0.25) is 4.79 Å². The van der Waals surface area contributed by atoms with Gasteiger partial charge in [0.25, 0.3) is 0 Å². The van der Waals surface area contributed by atoms with Crippen LogP contribution in [0.15, 0.2) is 0 Å². The molecule has 5 heteroatoms. The van der Waals surface area contributed by atoms with Crippen LogP contribution >= 0.6 is 12.4 Å². The summed E-state index contributed by atoms with van der Waals surface area (Å²) in [7, 11) is 0. The zero-order chi connectivity index (χ0) is 11.0. The van der Waals surface area contributed by atoms with Gasteiger partial charge in [0.15, 0.2) is 0 Å². The van der Waals surface area contributed by atoms with E-state index in [0.29, 0.717) is 24.2 Å². The fourth-order valence-electron chi connectivity index (χ4n) is 3.19. The molecule has 0 aromatic heterocycles. The fourth-order valence-corrected chi connectivity index (χ4v) is 3.19. The molecule has 0 aromatic rings. The average Bonchev–Trinajstić information content (AvgIpc) is 2.91. The van der Waals surface area contributed by atoms with Gasteiger partial charge in [0.1, 0.15) is 0 Å². The highest BCUT2D eigenvalue weighted by Crippen LogP contribution is 2.27. The van der Waals surface area contributed by atoms with Gasteiger partial charge < -0.3 is 15.0 Å². The van der Waals surface area contributed by atoms with E-state index in [4.69, 9.17) is 4.74 Å². The molecule has 0 radical (unpaired) electrons. The van der Waals surface area contributed by atoms with Crippen LogP contribution in [0.1, 0.15) is 19.3 Å². The molecule has 0 spiro atoms. The maximum Gasteiger partial charge on any atom is 0.225 e. The van der Waals surface area contributed by atoms with E-state index in [9.17, 15) is 4.79 Å². The first kappa shape index (κ1) is 13.1. The van der Waals surface area contributed by atoms with Crippen LogP contribution in [0.25, 0.3) is 0 Å². The molecule has 3 aliphatic heterocycles. The Bertz CT molecular complexity index is 270. The molecule has 0 saturated carbocycles. The minimum Gasteiger partial charge on any atom is -0.378 e. The first-order valence-electron chi connectivity index (χ1n) is 6.43. The molecule has 1 N–H and O–H groups in total. The van der Waals surface area contributed by atoms with Crippen molar-refractivity contribution in [2.24, 2.45) is 11.8 Å². The SMILES string of the molecule is Cl.O=C(CC1CCCO1)N1C[C@H]2CNC[C@H]2C1. The Morgan fingerprint density at radius 1 is 1.29 bits per heavy atom. The van der Waals surface area contributed by atoms with Crippen LogP contribution in [0.4, 0.5) is 0 Å². The highest BCUT2D eigenvalue weighted by Gasteiger charge is 2.38. The van der Waals surface area contributed by atoms with E-state index in [1.165, 1.54) is 0 Å². The Hall–Kier alpha value is -0.320. The second-order valence-corrected chi connectivity index (χ2v) is 5.32. The molecule has 1 amide bonds. The summed E-state index contributed by atoms with van der Waals surface area (Å²) in [5.74, 6) is 1.71. The maximum atomic E-state index is 12.1. The number of carbonyl (C=O) groups excluding carboxylic acids is 1. The lowest BCUT2D eigenvalue weighted by Gasteiger charge is -2.19. The number of nitrogens with zero attached hydrogens (tertiary/aromatic N) is 1. The first-order valence-corrected chi connectivity index (χ1v) is 6.43. The van der Waals surface area contributed by atoms with E-state index in [1.54, 1.807) is 0 Å². The number of nitrogens with one attached hydrogen (secondary N) is 1. The molecule has 4 nitrogen and oxygen atoms in total. The zero-order valence-corrected chi connectivity index (χ0v) is 10.9. The lowest BCUT2D eigenvalue weighted by atomic mass is 10.0. The number of ether oxygens (including phenoxy) is 1. The lowest BCUT2D eigenvalue weighted by Crippen LogP contribution is -2.33. The lowest BCUT2D eigenvalue weighted by molar-refractivity contribution is -0.132. The van der Waals surface area contributed by atoms with Crippen molar-refractivity contribution in [2.75, 3.05) is 32.8 Å². The highest BCUT2D eigenvalue weighted by atomic mass is 35.5. The van der Waals surface area contributed by atoms with E-state index in [-0.39, 0.29) is 18.5 Å². The summed E-state index contributed by atoms with van der Waals surface area (Å²) in [6.45, 7) is 4.95. The smallest absolute Gasteiger partial charge is 0.225 e. The first-order chi connectivity index (χ1) is 7.83. The summed E-state index contributed by atoms with van der Waals surface area (Å²) in [6.07, 6.45) is 2.99. The number of halogens is 1. The van der Waals surface area contributed by atoms with Gasteiger partial charge in [0.05, 0.1) is 12.5 Å². The minimum atomic E-state index is 0. The topological polar surface area (TPSA) is 41.6 Å². The molecule has 0 aromatic carbocycles. The Kier molecular flexibility index (Phi) is 4.28. The van der Waals surface area contributed by atoms with Crippen molar-refractivity contribution in [1.29, 1.82) is 0 Å². The summed E-state index contributed by atoms with van der Waals surface area (Å²) >= 11 is 0. The molecule has 0 aliphatic carbocycles. The zero-order valence-electron chi connectivity index (χ0n) is 10.1. The maximum absolute atomic E-state index is 12.1. The monoisotopic (exact) mass is 260 g/mol. The second kappa shape index (κ2) is 5.55. The summed E-state index contributed by atoms with van der Waals surface area (Å²) in [5.41, 5.74) is 0. The molecular weight excluding hydrogens is 240 g/mol. The number of fused-ring (bicyclic) bond motifs is 1. The van der Waals surface area contributed by atoms with Gasteiger partial charge in [-0.15, -0.1) is 12.4 Å². The quantitative estimate of drug-likeness (QED) is 0.793. The Labute approximate surface area is 108 Å². The van der Waals surface area contributed by atoms with Crippen LogP contribution in [0.5, 0.6) is 0 Å². The molecule has 3 aliphatic rings. The van der Waals surface area contributed by atoms with E-state index in [2.05, 4.69) is 10.2 Å². The summed E-state index contributed by atoms with van der Waals surface area (Å²) < 4.78 is 5.52. The molecule has 3 heterocycles.